The number of benzene rings is 1. The number of hydrogen-bond acceptors (Lipinski definition) is 3. The topological polar surface area (TPSA) is 69.6 Å². The fraction of sp³-hybridized carbons (Fsp3) is 0.467. The summed E-state index contributed by atoms with van der Waals surface area (Å²) in [6.45, 7) is 1.37. The number of rotatable bonds is 4. The van der Waals surface area contributed by atoms with Gasteiger partial charge in [-0.15, -0.1) is 0 Å². The van der Waals surface area contributed by atoms with Crippen LogP contribution in [0.2, 0.25) is 0 Å². The molecule has 0 spiro atoms. The minimum atomic E-state index is -1.00. The van der Waals surface area contributed by atoms with Gasteiger partial charge in [0.05, 0.1) is 0 Å². The van der Waals surface area contributed by atoms with Crippen molar-refractivity contribution in [2.75, 3.05) is 24.6 Å². The van der Waals surface area contributed by atoms with Gasteiger partial charge in [0.15, 0.2) is 0 Å². The van der Waals surface area contributed by atoms with Gasteiger partial charge in [-0.3, -0.25) is 0 Å². The lowest BCUT2D eigenvalue weighted by atomic mass is 10.1. The van der Waals surface area contributed by atoms with E-state index in [1.165, 1.54) is 0 Å². The standard InChI is InChI=1S/C15H20N2O3S/c18-14(19)13(11-12-5-2-1-3-6-12)16-15(20)17-7-4-9-21-10-8-17/h1-3,5-6,13H,4,7-11H2,(H,16,20)(H,18,19)/t13-/m1/s1. The normalized spacial score (nSPS) is 16.9. The lowest BCUT2D eigenvalue weighted by Gasteiger charge is -2.23. The van der Waals surface area contributed by atoms with Crippen LogP contribution in [0.3, 0.4) is 0 Å². The first kappa shape index (κ1) is 15.7. The number of amides is 2. The lowest BCUT2D eigenvalue weighted by Crippen LogP contribution is -2.49. The fourth-order valence-corrected chi connectivity index (χ4v) is 3.13. The Labute approximate surface area is 128 Å². The quantitative estimate of drug-likeness (QED) is 0.890. The second-order valence-electron chi connectivity index (χ2n) is 4.98. The van der Waals surface area contributed by atoms with Crippen molar-refractivity contribution < 1.29 is 14.7 Å². The number of nitrogens with zero attached hydrogens (tertiary/aromatic N) is 1. The van der Waals surface area contributed by atoms with Gasteiger partial charge in [-0.1, -0.05) is 30.3 Å². The van der Waals surface area contributed by atoms with E-state index >= 15 is 0 Å². The van der Waals surface area contributed by atoms with Crippen molar-refractivity contribution in [1.82, 2.24) is 10.2 Å². The monoisotopic (exact) mass is 308 g/mol. The molecule has 0 radical (unpaired) electrons. The van der Waals surface area contributed by atoms with Crippen molar-refractivity contribution in [3.63, 3.8) is 0 Å². The molecule has 2 rings (SSSR count). The predicted molar refractivity (Wildman–Crippen MR) is 83.6 cm³/mol. The molecule has 1 heterocycles. The average molecular weight is 308 g/mol. The van der Waals surface area contributed by atoms with E-state index < -0.39 is 12.0 Å². The maximum atomic E-state index is 12.2. The minimum absolute atomic E-state index is 0.277. The summed E-state index contributed by atoms with van der Waals surface area (Å²) in [5.74, 6) is 0.955. The number of carbonyl (C=O) groups is 2. The third-order valence-electron chi connectivity index (χ3n) is 3.39. The minimum Gasteiger partial charge on any atom is -0.480 e. The zero-order chi connectivity index (χ0) is 15.1. The third-order valence-corrected chi connectivity index (χ3v) is 4.44. The van der Waals surface area contributed by atoms with Crippen molar-refractivity contribution >= 4 is 23.8 Å². The van der Waals surface area contributed by atoms with Crippen LogP contribution in [0, 0.1) is 0 Å². The molecule has 1 fully saturated rings. The van der Waals surface area contributed by atoms with E-state index in [2.05, 4.69) is 5.32 Å². The van der Waals surface area contributed by atoms with Gasteiger partial charge in [0.25, 0.3) is 0 Å². The molecule has 5 nitrogen and oxygen atoms in total. The van der Waals surface area contributed by atoms with Crippen LogP contribution in [0.25, 0.3) is 0 Å². The van der Waals surface area contributed by atoms with Crippen LogP contribution < -0.4 is 5.32 Å². The number of carbonyl (C=O) groups excluding carboxylic acids is 1. The van der Waals surface area contributed by atoms with Crippen LogP contribution in [0.4, 0.5) is 4.79 Å². The molecule has 0 aromatic heterocycles. The van der Waals surface area contributed by atoms with E-state index in [0.29, 0.717) is 19.5 Å². The highest BCUT2D eigenvalue weighted by atomic mass is 32.2. The molecule has 21 heavy (non-hydrogen) atoms. The van der Waals surface area contributed by atoms with E-state index in [4.69, 9.17) is 0 Å². The molecule has 6 heteroatoms. The summed E-state index contributed by atoms with van der Waals surface area (Å²) in [6.07, 6.45) is 1.25. The van der Waals surface area contributed by atoms with E-state index in [0.717, 1.165) is 23.5 Å². The Morgan fingerprint density at radius 3 is 2.71 bits per heavy atom. The Kier molecular flexibility index (Phi) is 5.92. The number of nitrogens with one attached hydrogen (secondary N) is 1. The second kappa shape index (κ2) is 7.93. The van der Waals surface area contributed by atoms with Crippen molar-refractivity contribution in [3.8, 4) is 0 Å². The molecular formula is C15H20N2O3S. The van der Waals surface area contributed by atoms with Crippen LogP contribution in [-0.2, 0) is 11.2 Å². The zero-order valence-corrected chi connectivity index (χ0v) is 12.6. The summed E-state index contributed by atoms with van der Waals surface area (Å²) in [5.41, 5.74) is 0.900. The molecule has 0 bridgehead atoms. The third kappa shape index (κ3) is 4.97. The van der Waals surface area contributed by atoms with Crippen molar-refractivity contribution in [3.05, 3.63) is 35.9 Å². The average Bonchev–Trinajstić information content (AvgIpc) is 2.76. The van der Waals surface area contributed by atoms with Crippen LogP contribution in [0.1, 0.15) is 12.0 Å². The fourth-order valence-electron chi connectivity index (χ4n) is 2.24. The summed E-state index contributed by atoms with van der Waals surface area (Å²) in [7, 11) is 0. The number of aliphatic carboxylic acids is 1. The maximum absolute atomic E-state index is 12.2. The summed E-state index contributed by atoms with van der Waals surface area (Å²) in [6, 6.07) is 8.17. The molecule has 114 valence electrons. The van der Waals surface area contributed by atoms with Crippen molar-refractivity contribution in [2.45, 2.75) is 18.9 Å². The molecule has 1 aromatic rings. The predicted octanol–water partition coefficient (Wildman–Crippen LogP) is 1.83. The number of urea groups is 1. The zero-order valence-electron chi connectivity index (χ0n) is 11.8. The Hall–Kier alpha value is -1.69. The van der Waals surface area contributed by atoms with Gasteiger partial charge in [0.1, 0.15) is 6.04 Å². The summed E-state index contributed by atoms with van der Waals surface area (Å²) in [4.78, 5) is 25.3. The Bertz CT molecular complexity index is 473. The molecule has 0 saturated carbocycles. The van der Waals surface area contributed by atoms with Crippen molar-refractivity contribution in [1.29, 1.82) is 0 Å². The van der Waals surface area contributed by atoms with Crippen LogP contribution in [-0.4, -0.2) is 52.6 Å². The molecular weight excluding hydrogens is 288 g/mol. The first-order chi connectivity index (χ1) is 10.2. The highest BCUT2D eigenvalue weighted by Crippen LogP contribution is 2.10. The Balaban J connectivity index is 1.95. The lowest BCUT2D eigenvalue weighted by molar-refractivity contribution is -0.139. The number of carboxylic acids is 1. The van der Waals surface area contributed by atoms with E-state index in [1.807, 2.05) is 42.1 Å². The summed E-state index contributed by atoms with van der Waals surface area (Å²) < 4.78 is 0. The van der Waals surface area contributed by atoms with Gasteiger partial charge in [-0.05, 0) is 17.7 Å². The molecule has 1 aliphatic heterocycles. The number of thioether (sulfide) groups is 1. The highest BCUT2D eigenvalue weighted by molar-refractivity contribution is 7.99. The SMILES string of the molecule is O=C(O)[C@@H](Cc1ccccc1)NC(=O)N1CCCSCC1. The van der Waals surface area contributed by atoms with Gasteiger partial charge >= 0.3 is 12.0 Å². The highest BCUT2D eigenvalue weighted by Gasteiger charge is 2.23. The molecule has 1 aliphatic rings. The number of hydrogen-bond donors (Lipinski definition) is 2. The first-order valence-electron chi connectivity index (χ1n) is 7.07. The van der Waals surface area contributed by atoms with Crippen LogP contribution in [0.15, 0.2) is 30.3 Å². The molecule has 0 aliphatic carbocycles. The van der Waals surface area contributed by atoms with Crippen LogP contribution >= 0.6 is 11.8 Å². The van der Waals surface area contributed by atoms with Gasteiger partial charge in [0, 0.05) is 25.3 Å². The smallest absolute Gasteiger partial charge is 0.326 e. The summed E-state index contributed by atoms with van der Waals surface area (Å²) >= 11 is 1.83. The second-order valence-corrected chi connectivity index (χ2v) is 6.21. The largest absolute Gasteiger partial charge is 0.480 e. The number of carboxylic acid groups (broad SMARTS) is 1. The first-order valence-corrected chi connectivity index (χ1v) is 8.22. The van der Waals surface area contributed by atoms with Gasteiger partial charge < -0.3 is 15.3 Å². The molecule has 1 atom stereocenters. The van der Waals surface area contributed by atoms with Gasteiger partial charge in [-0.25, -0.2) is 9.59 Å². The van der Waals surface area contributed by atoms with E-state index in [9.17, 15) is 14.7 Å². The maximum Gasteiger partial charge on any atom is 0.326 e. The molecule has 2 amide bonds. The Morgan fingerprint density at radius 2 is 2.00 bits per heavy atom. The van der Waals surface area contributed by atoms with E-state index in [-0.39, 0.29) is 6.03 Å². The van der Waals surface area contributed by atoms with E-state index in [1.54, 1.807) is 4.90 Å². The molecule has 2 N–H and O–H groups in total. The molecule has 1 saturated heterocycles. The van der Waals surface area contributed by atoms with Crippen LogP contribution in [0.5, 0.6) is 0 Å². The van der Waals surface area contributed by atoms with Crippen molar-refractivity contribution in [2.24, 2.45) is 0 Å². The van der Waals surface area contributed by atoms with Gasteiger partial charge in [0.2, 0.25) is 0 Å². The molecule has 1 aromatic carbocycles. The summed E-state index contributed by atoms with van der Waals surface area (Å²) in [5, 5.41) is 11.9. The Morgan fingerprint density at radius 1 is 1.24 bits per heavy atom. The van der Waals surface area contributed by atoms with Gasteiger partial charge in [-0.2, -0.15) is 11.8 Å². The molecule has 0 unspecified atom stereocenters.